The Morgan fingerprint density at radius 3 is 2.59 bits per heavy atom. The molecule has 2 atom stereocenters. The van der Waals surface area contributed by atoms with E-state index in [2.05, 4.69) is 10.3 Å². The monoisotopic (exact) mass is 405 g/mol. The number of thiophene rings is 1. The number of nitriles is 1. The molecule has 0 aromatic carbocycles. The molecule has 142 valence electrons. The van der Waals surface area contributed by atoms with Gasteiger partial charge >= 0.3 is 5.97 Å². The fourth-order valence-electron chi connectivity index (χ4n) is 2.20. The van der Waals surface area contributed by atoms with E-state index in [-0.39, 0.29) is 11.8 Å². The summed E-state index contributed by atoms with van der Waals surface area (Å²) in [4.78, 5) is 41.4. The first kappa shape index (κ1) is 20.7. The number of aryl methyl sites for hydroxylation is 1. The maximum atomic E-state index is 12.4. The molecule has 7 nitrogen and oxygen atoms in total. The molecular formula is C18H19N3O4S2. The van der Waals surface area contributed by atoms with Gasteiger partial charge < -0.3 is 10.1 Å². The van der Waals surface area contributed by atoms with Crippen molar-refractivity contribution < 1.29 is 19.1 Å². The number of rotatable bonds is 8. The van der Waals surface area contributed by atoms with Crippen LogP contribution in [0.15, 0.2) is 22.9 Å². The molecule has 0 spiro atoms. The van der Waals surface area contributed by atoms with Gasteiger partial charge in [0.25, 0.3) is 5.91 Å². The number of amides is 1. The number of aromatic nitrogens is 1. The first-order valence-corrected chi connectivity index (χ1v) is 9.94. The van der Waals surface area contributed by atoms with Gasteiger partial charge in [0, 0.05) is 11.1 Å². The smallest absolute Gasteiger partial charge is 0.329 e. The second-order valence-corrected chi connectivity index (χ2v) is 7.97. The fraction of sp³-hybridized carbons (Fsp3) is 0.389. The molecule has 0 aliphatic rings. The number of ether oxygens (including phenoxy) is 1. The van der Waals surface area contributed by atoms with Crippen molar-refractivity contribution in [3.8, 4) is 6.07 Å². The van der Waals surface area contributed by atoms with Crippen LogP contribution in [0.25, 0.3) is 0 Å². The van der Waals surface area contributed by atoms with E-state index in [1.165, 1.54) is 22.7 Å². The van der Waals surface area contributed by atoms with Gasteiger partial charge in [0.05, 0.1) is 10.9 Å². The van der Waals surface area contributed by atoms with Crippen LogP contribution in [-0.4, -0.2) is 35.3 Å². The van der Waals surface area contributed by atoms with Crippen molar-refractivity contribution in [2.45, 2.75) is 32.7 Å². The SMILES string of the molecule is Cc1csc([C@H](C#N)C(=O)COC(=O)[C@H](NC(=O)c2cccs2)C(C)C)n1. The summed E-state index contributed by atoms with van der Waals surface area (Å²) in [5, 5.41) is 15.8. The van der Waals surface area contributed by atoms with E-state index in [0.717, 1.165) is 5.69 Å². The third kappa shape index (κ3) is 5.45. The number of thiazole rings is 1. The van der Waals surface area contributed by atoms with E-state index in [0.29, 0.717) is 9.88 Å². The maximum absolute atomic E-state index is 12.4. The highest BCUT2D eigenvalue weighted by atomic mass is 32.1. The number of nitrogens with one attached hydrogen (secondary N) is 1. The summed E-state index contributed by atoms with van der Waals surface area (Å²) >= 11 is 2.47. The predicted molar refractivity (Wildman–Crippen MR) is 102 cm³/mol. The lowest BCUT2D eigenvalue weighted by molar-refractivity contribution is -0.151. The molecule has 2 rings (SSSR count). The van der Waals surface area contributed by atoms with Crippen molar-refractivity contribution in [2.75, 3.05) is 6.61 Å². The van der Waals surface area contributed by atoms with E-state index >= 15 is 0 Å². The normalized spacial score (nSPS) is 12.9. The molecular weight excluding hydrogens is 386 g/mol. The molecule has 2 aromatic heterocycles. The zero-order valence-electron chi connectivity index (χ0n) is 15.1. The summed E-state index contributed by atoms with van der Waals surface area (Å²) in [7, 11) is 0. The number of carbonyl (C=O) groups excluding carboxylic acids is 3. The number of esters is 1. The number of carbonyl (C=O) groups is 3. The predicted octanol–water partition coefficient (Wildman–Crippen LogP) is 2.69. The molecule has 27 heavy (non-hydrogen) atoms. The van der Waals surface area contributed by atoms with Crippen LogP contribution in [0.1, 0.15) is 40.1 Å². The van der Waals surface area contributed by atoms with E-state index in [1.54, 1.807) is 43.7 Å². The molecule has 0 saturated heterocycles. The summed E-state index contributed by atoms with van der Waals surface area (Å²) in [5.74, 6) is -2.94. The lowest BCUT2D eigenvalue weighted by atomic mass is 10.0. The molecule has 0 fully saturated rings. The third-order valence-electron chi connectivity index (χ3n) is 3.64. The molecule has 2 aromatic rings. The Balaban J connectivity index is 1.97. The Bertz CT molecular complexity index is 852. The van der Waals surface area contributed by atoms with E-state index < -0.39 is 30.3 Å². The number of hydrogen-bond acceptors (Lipinski definition) is 8. The zero-order chi connectivity index (χ0) is 20.0. The lowest BCUT2D eigenvalue weighted by Gasteiger charge is -2.20. The quantitative estimate of drug-likeness (QED) is 0.676. The Hall–Kier alpha value is -2.57. The van der Waals surface area contributed by atoms with Crippen molar-refractivity contribution >= 4 is 40.3 Å². The topological polar surface area (TPSA) is 109 Å². The average molecular weight is 406 g/mol. The minimum Gasteiger partial charge on any atom is -0.456 e. The Kier molecular flexibility index (Phi) is 7.21. The number of ketones is 1. The summed E-state index contributed by atoms with van der Waals surface area (Å²) in [6.45, 7) is 4.74. The Morgan fingerprint density at radius 1 is 1.33 bits per heavy atom. The molecule has 9 heteroatoms. The van der Waals surface area contributed by atoms with Crippen molar-refractivity contribution in [1.29, 1.82) is 5.26 Å². The third-order valence-corrected chi connectivity index (χ3v) is 5.54. The van der Waals surface area contributed by atoms with Crippen LogP contribution in [0.2, 0.25) is 0 Å². The van der Waals surface area contributed by atoms with Crippen LogP contribution in [0.4, 0.5) is 0 Å². The average Bonchev–Trinajstić information content (AvgIpc) is 3.30. The number of nitrogens with zero attached hydrogens (tertiary/aromatic N) is 2. The molecule has 2 heterocycles. The Morgan fingerprint density at radius 2 is 2.07 bits per heavy atom. The lowest BCUT2D eigenvalue weighted by Crippen LogP contribution is -2.45. The van der Waals surface area contributed by atoms with Crippen LogP contribution in [0.5, 0.6) is 0 Å². The highest BCUT2D eigenvalue weighted by molar-refractivity contribution is 7.12. The first-order valence-electron chi connectivity index (χ1n) is 8.18. The fourth-order valence-corrected chi connectivity index (χ4v) is 3.69. The van der Waals surface area contributed by atoms with Crippen molar-refractivity contribution in [3.05, 3.63) is 38.5 Å². The van der Waals surface area contributed by atoms with Crippen LogP contribution in [-0.2, 0) is 14.3 Å². The van der Waals surface area contributed by atoms with Gasteiger partial charge in [0.2, 0.25) is 0 Å². The summed E-state index contributed by atoms with van der Waals surface area (Å²) in [6, 6.07) is 4.40. The van der Waals surface area contributed by atoms with Crippen molar-refractivity contribution in [3.63, 3.8) is 0 Å². The standard InChI is InChI=1S/C18H19N3O4S2/c1-10(2)15(21-16(23)14-5-4-6-26-14)18(24)25-8-13(22)12(7-19)17-20-11(3)9-27-17/h4-6,9-10,12,15H,8H2,1-3H3,(H,21,23)/t12-,15-/m1/s1. The second kappa shape index (κ2) is 9.39. The summed E-state index contributed by atoms with van der Waals surface area (Å²) < 4.78 is 5.08. The molecule has 0 aliphatic heterocycles. The van der Waals surface area contributed by atoms with Gasteiger partial charge in [-0.25, -0.2) is 9.78 Å². The van der Waals surface area contributed by atoms with Gasteiger partial charge in [-0.05, 0) is 24.3 Å². The molecule has 0 saturated carbocycles. The first-order chi connectivity index (χ1) is 12.8. The summed E-state index contributed by atoms with van der Waals surface area (Å²) in [5.41, 5.74) is 0.719. The van der Waals surface area contributed by atoms with E-state index in [9.17, 15) is 19.6 Å². The van der Waals surface area contributed by atoms with Gasteiger partial charge in [0.1, 0.15) is 11.0 Å². The van der Waals surface area contributed by atoms with Gasteiger partial charge in [-0.2, -0.15) is 5.26 Å². The highest BCUT2D eigenvalue weighted by Gasteiger charge is 2.29. The highest BCUT2D eigenvalue weighted by Crippen LogP contribution is 2.21. The largest absolute Gasteiger partial charge is 0.456 e. The molecule has 1 N–H and O–H groups in total. The van der Waals surface area contributed by atoms with E-state index in [1.807, 2.05) is 6.07 Å². The molecule has 0 radical (unpaired) electrons. The molecule has 0 unspecified atom stereocenters. The van der Waals surface area contributed by atoms with Crippen LogP contribution in [0, 0.1) is 24.2 Å². The van der Waals surface area contributed by atoms with Crippen molar-refractivity contribution in [1.82, 2.24) is 10.3 Å². The Labute approximate surface area is 165 Å². The minimum absolute atomic E-state index is 0.232. The maximum Gasteiger partial charge on any atom is 0.329 e. The van der Waals surface area contributed by atoms with Crippen LogP contribution in [0.3, 0.4) is 0 Å². The van der Waals surface area contributed by atoms with Gasteiger partial charge in [-0.1, -0.05) is 19.9 Å². The zero-order valence-corrected chi connectivity index (χ0v) is 16.7. The second-order valence-electron chi connectivity index (χ2n) is 6.14. The van der Waals surface area contributed by atoms with E-state index in [4.69, 9.17) is 4.74 Å². The molecule has 1 amide bonds. The van der Waals surface area contributed by atoms with Crippen LogP contribution >= 0.6 is 22.7 Å². The number of hydrogen-bond donors (Lipinski definition) is 1. The van der Waals surface area contributed by atoms with Gasteiger partial charge in [0.15, 0.2) is 18.3 Å². The van der Waals surface area contributed by atoms with Gasteiger partial charge in [-0.3, -0.25) is 9.59 Å². The molecule has 0 aliphatic carbocycles. The summed E-state index contributed by atoms with van der Waals surface area (Å²) in [6.07, 6.45) is 0. The van der Waals surface area contributed by atoms with Crippen LogP contribution < -0.4 is 5.32 Å². The molecule has 0 bridgehead atoms. The minimum atomic E-state index is -1.07. The van der Waals surface area contributed by atoms with Crippen molar-refractivity contribution in [2.24, 2.45) is 5.92 Å². The van der Waals surface area contributed by atoms with Gasteiger partial charge in [-0.15, -0.1) is 22.7 Å². The number of Topliss-reactive ketones (excluding diaryl/α,β-unsaturated/α-hetero) is 1.